The molecule has 0 spiro atoms. The van der Waals surface area contributed by atoms with Crippen LogP contribution in [0.15, 0.2) is 65.3 Å². The Labute approximate surface area is 172 Å². The van der Waals surface area contributed by atoms with Crippen LogP contribution >= 0.6 is 11.6 Å². The number of benzene rings is 2. The van der Waals surface area contributed by atoms with E-state index >= 15 is 0 Å². The molecule has 2 N–H and O–H groups in total. The second-order valence-electron chi connectivity index (χ2n) is 6.08. The van der Waals surface area contributed by atoms with E-state index in [1.807, 2.05) is 0 Å². The average molecular weight is 433 g/mol. The first-order valence-corrected chi connectivity index (χ1v) is 8.91. The maximum Gasteiger partial charge on any atom is 0.290 e. The van der Waals surface area contributed by atoms with Gasteiger partial charge < -0.3 is 4.42 Å². The number of rotatable bonds is 5. The van der Waals surface area contributed by atoms with E-state index in [4.69, 9.17) is 16.0 Å². The summed E-state index contributed by atoms with van der Waals surface area (Å²) in [5, 5.41) is 4.79. The van der Waals surface area contributed by atoms with Gasteiger partial charge in [0, 0.05) is 11.1 Å². The minimum atomic E-state index is -1.65. The van der Waals surface area contributed by atoms with Crippen molar-refractivity contribution in [2.24, 2.45) is 0 Å². The van der Waals surface area contributed by atoms with E-state index < -0.39 is 29.0 Å². The molecule has 1 amide bonds. The molecule has 0 fully saturated rings. The molecule has 4 aromatic rings. The summed E-state index contributed by atoms with van der Waals surface area (Å²) >= 11 is 5.93. The Morgan fingerprint density at radius 3 is 2.50 bits per heavy atom. The van der Waals surface area contributed by atoms with Crippen molar-refractivity contribution in [3.8, 4) is 17.1 Å². The Morgan fingerprint density at radius 2 is 1.80 bits per heavy atom. The van der Waals surface area contributed by atoms with Crippen LogP contribution in [0.3, 0.4) is 0 Å². The number of nitrogens with zero attached hydrogens (tertiary/aromatic N) is 2. The summed E-state index contributed by atoms with van der Waals surface area (Å²) in [4.78, 5) is 12.5. The molecule has 30 heavy (non-hydrogen) atoms. The van der Waals surface area contributed by atoms with E-state index in [0.717, 1.165) is 12.1 Å². The van der Waals surface area contributed by atoms with Gasteiger partial charge in [-0.15, -0.1) is 0 Å². The maximum absolute atomic E-state index is 13.8. The molecule has 0 saturated carbocycles. The maximum atomic E-state index is 13.8. The number of furan rings is 1. The van der Waals surface area contributed by atoms with Crippen LogP contribution in [0.5, 0.6) is 0 Å². The van der Waals surface area contributed by atoms with Crippen LogP contribution in [0.4, 0.5) is 18.9 Å². The van der Waals surface area contributed by atoms with Gasteiger partial charge >= 0.3 is 0 Å². The van der Waals surface area contributed by atoms with Crippen LogP contribution in [0.25, 0.3) is 17.1 Å². The highest BCUT2D eigenvalue weighted by Gasteiger charge is 2.19. The highest BCUT2D eigenvalue weighted by Crippen LogP contribution is 2.25. The third-order valence-electron chi connectivity index (χ3n) is 4.13. The summed E-state index contributed by atoms with van der Waals surface area (Å²) in [6, 6.07) is 13.3. The fourth-order valence-corrected chi connectivity index (χ4v) is 2.81. The molecule has 0 unspecified atom stereocenters. The summed E-state index contributed by atoms with van der Waals surface area (Å²) < 4.78 is 47.0. The molecule has 0 bridgehead atoms. The average Bonchev–Trinajstić information content (AvgIpc) is 3.42. The van der Waals surface area contributed by atoms with Crippen molar-refractivity contribution in [1.29, 1.82) is 0 Å². The molecule has 0 aliphatic rings. The first-order valence-electron chi connectivity index (χ1n) is 8.54. The van der Waals surface area contributed by atoms with E-state index in [-0.39, 0.29) is 5.69 Å². The minimum absolute atomic E-state index is 0.0353. The van der Waals surface area contributed by atoms with Gasteiger partial charge in [0.05, 0.1) is 17.6 Å². The summed E-state index contributed by atoms with van der Waals surface area (Å²) in [5.74, 6) is -4.73. The normalized spacial score (nSPS) is 10.8. The van der Waals surface area contributed by atoms with Crippen molar-refractivity contribution in [3.05, 3.63) is 89.0 Å². The molecular formula is C20H12ClF3N4O2. The number of amides is 1. The Morgan fingerprint density at radius 1 is 1.03 bits per heavy atom. The number of carbonyl (C=O) groups excluding carboxylic acids is 1. The van der Waals surface area contributed by atoms with E-state index in [9.17, 15) is 18.0 Å². The fraction of sp³-hybridized carbons (Fsp3) is 0. The van der Waals surface area contributed by atoms with Gasteiger partial charge in [-0.25, -0.2) is 17.9 Å². The molecule has 2 aromatic carbocycles. The first kappa shape index (κ1) is 19.6. The molecule has 2 aromatic heterocycles. The Kier molecular flexibility index (Phi) is 5.20. The molecule has 0 radical (unpaired) electrons. The van der Waals surface area contributed by atoms with Gasteiger partial charge in [-0.2, -0.15) is 5.10 Å². The molecule has 0 aliphatic carbocycles. The zero-order chi connectivity index (χ0) is 21.3. The minimum Gasteiger partial charge on any atom is -0.463 e. The number of hydrogen-bond donors (Lipinski definition) is 2. The number of carbonyl (C=O) groups is 1. The molecule has 2 heterocycles. The standard InChI is InChI=1S/C20H12ClF3N4O2/c21-11-3-5-12(6-4-11)28-16(17-2-1-9-30-17)10-15(27-28)20(29)26-25-14-8-7-13(22)18(23)19(14)24/h1-10,25H,(H,26,29). The second kappa shape index (κ2) is 7.96. The van der Waals surface area contributed by atoms with Crippen molar-refractivity contribution >= 4 is 23.2 Å². The largest absolute Gasteiger partial charge is 0.463 e. The topological polar surface area (TPSA) is 72.1 Å². The number of hydrazine groups is 1. The Balaban J connectivity index is 1.63. The fourth-order valence-electron chi connectivity index (χ4n) is 2.68. The van der Waals surface area contributed by atoms with Crippen molar-refractivity contribution in [2.75, 3.05) is 5.43 Å². The molecule has 0 atom stereocenters. The predicted molar refractivity (Wildman–Crippen MR) is 104 cm³/mol. The smallest absolute Gasteiger partial charge is 0.290 e. The van der Waals surface area contributed by atoms with Crippen LogP contribution < -0.4 is 10.9 Å². The lowest BCUT2D eigenvalue weighted by Crippen LogP contribution is -2.30. The van der Waals surface area contributed by atoms with Gasteiger partial charge in [0.25, 0.3) is 5.91 Å². The second-order valence-corrected chi connectivity index (χ2v) is 6.52. The van der Waals surface area contributed by atoms with Crippen molar-refractivity contribution in [3.63, 3.8) is 0 Å². The predicted octanol–water partition coefficient (Wildman–Crippen LogP) is 4.96. The van der Waals surface area contributed by atoms with Crippen molar-refractivity contribution < 1.29 is 22.4 Å². The van der Waals surface area contributed by atoms with Gasteiger partial charge in [0.1, 0.15) is 5.69 Å². The molecule has 152 valence electrons. The van der Waals surface area contributed by atoms with Gasteiger partial charge in [-0.05, 0) is 48.5 Å². The van der Waals surface area contributed by atoms with Gasteiger partial charge in [-0.3, -0.25) is 15.6 Å². The van der Waals surface area contributed by atoms with Crippen LogP contribution in [0.1, 0.15) is 10.5 Å². The zero-order valence-electron chi connectivity index (χ0n) is 15.0. The van der Waals surface area contributed by atoms with Crippen molar-refractivity contribution in [1.82, 2.24) is 15.2 Å². The summed E-state index contributed by atoms with van der Waals surface area (Å²) in [7, 11) is 0. The van der Waals surface area contributed by atoms with E-state index in [1.165, 1.54) is 17.0 Å². The number of halogens is 4. The summed E-state index contributed by atoms with van der Waals surface area (Å²) in [6.45, 7) is 0. The van der Waals surface area contributed by atoms with Crippen LogP contribution in [-0.4, -0.2) is 15.7 Å². The van der Waals surface area contributed by atoms with Gasteiger partial charge in [0.15, 0.2) is 28.9 Å². The molecule has 6 nitrogen and oxygen atoms in total. The van der Waals surface area contributed by atoms with E-state index in [2.05, 4.69) is 16.0 Å². The van der Waals surface area contributed by atoms with Crippen molar-refractivity contribution in [2.45, 2.75) is 0 Å². The van der Waals surface area contributed by atoms with Crippen LogP contribution in [0.2, 0.25) is 5.02 Å². The monoisotopic (exact) mass is 432 g/mol. The lowest BCUT2D eigenvalue weighted by atomic mass is 10.2. The van der Waals surface area contributed by atoms with Gasteiger partial charge in [0.2, 0.25) is 0 Å². The lowest BCUT2D eigenvalue weighted by molar-refractivity contribution is 0.0957. The number of hydrogen-bond acceptors (Lipinski definition) is 4. The Bertz CT molecular complexity index is 1210. The molecule has 10 heteroatoms. The van der Waals surface area contributed by atoms with E-state index in [1.54, 1.807) is 36.4 Å². The molecule has 0 aliphatic heterocycles. The zero-order valence-corrected chi connectivity index (χ0v) is 15.8. The Hall–Kier alpha value is -3.72. The first-order chi connectivity index (χ1) is 14.4. The highest BCUT2D eigenvalue weighted by molar-refractivity contribution is 6.30. The number of anilines is 1. The molecule has 4 rings (SSSR count). The third-order valence-corrected chi connectivity index (χ3v) is 4.38. The summed E-state index contributed by atoms with van der Waals surface area (Å²) in [5.41, 5.74) is 5.04. The van der Waals surface area contributed by atoms with Crippen LogP contribution in [-0.2, 0) is 0 Å². The summed E-state index contributed by atoms with van der Waals surface area (Å²) in [6.07, 6.45) is 1.47. The molecular weight excluding hydrogens is 421 g/mol. The quantitative estimate of drug-likeness (QED) is 0.345. The van der Waals surface area contributed by atoms with Gasteiger partial charge in [-0.1, -0.05) is 11.6 Å². The number of nitrogens with one attached hydrogen (secondary N) is 2. The molecule has 0 saturated heterocycles. The number of aromatic nitrogens is 2. The van der Waals surface area contributed by atoms with E-state index in [0.29, 0.717) is 22.2 Å². The van der Waals surface area contributed by atoms with Crippen LogP contribution in [0, 0.1) is 17.5 Å². The lowest BCUT2D eigenvalue weighted by Gasteiger charge is -2.09. The highest BCUT2D eigenvalue weighted by atomic mass is 35.5. The SMILES string of the molecule is O=C(NNc1ccc(F)c(F)c1F)c1cc(-c2ccco2)n(-c2ccc(Cl)cc2)n1. The third kappa shape index (κ3) is 3.74.